The number of carbonyl (C=O) groups is 1. The Balaban J connectivity index is 1.46. The molecular weight excluding hydrogens is 340 g/mol. The molecule has 2 aromatic heterocycles. The van der Waals surface area contributed by atoms with Crippen molar-refractivity contribution in [2.75, 3.05) is 6.54 Å². The van der Waals surface area contributed by atoms with E-state index in [1.807, 2.05) is 12.1 Å². The fourth-order valence-electron chi connectivity index (χ4n) is 3.71. The number of benzene rings is 1. The summed E-state index contributed by atoms with van der Waals surface area (Å²) in [5, 5.41) is 5.39. The standard InChI is InChI=1S/C22H24N2OS/c1-16-15-18-9-5-6-10-19(18)24(16)21-12-11-20(26-21)22(25)23-14-13-17-7-3-2-4-8-17/h5-7,9-12,15H,2-4,8,13-14H2,1H3,(H,23,25). The molecule has 0 saturated heterocycles. The van der Waals surface area contributed by atoms with Crippen LogP contribution in [0.2, 0.25) is 0 Å². The van der Waals surface area contributed by atoms with Crippen molar-refractivity contribution in [2.45, 2.75) is 39.0 Å². The molecule has 1 amide bonds. The monoisotopic (exact) mass is 364 g/mol. The molecule has 0 unspecified atom stereocenters. The Morgan fingerprint density at radius 3 is 2.92 bits per heavy atom. The maximum absolute atomic E-state index is 12.5. The van der Waals surface area contributed by atoms with E-state index in [0.717, 1.165) is 22.8 Å². The Kier molecular flexibility index (Phi) is 4.93. The molecule has 0 spiro atoms. The summed E-state index contributed by atoms with van der Waals surface area (Å²) in [5.41, 5.74) is 3.87. The third-order valence-electron chi connectivity index (χ3n) is 5.05. The molecule has 0 fully saturated rings. The summed E-state index contributed by atoms with van der Waals surface area (Å²) < 4.78 is 2.23. The molecule has 26 heavy (non-hydrogen) atoms. The van der Waals surface area contributed by atoms with Gasteiger partial charge in [0.15, 0.2) is 0 Å². The summed E-state index contributed by atoms with van der Waals surface area (Å²) in [6.07, 6.45) is 8.31. The summed E-state index contributed by atoms with van der Waals surface area (Å²) in [6.45, 7) is 2.83. The van der Waals surface area contributed by atoms with Crippen LogP contribution in [0.25, 0.3) is 15.9 Å². The molecule has 0 bridgehead atoms. The number of carbonyl (C=O) groups excluding carboxylic acids is 1. The van der Waals surface area contributed by atoms with Crippen LogP contribution in [0, 0.1) is 6.92 Å². The highest BCUT2D eigenvalue weighted by atomic mass is 32.1. The van der Waals surface area contributed by atoms with E-state index >= 15 is 0 Å². The van der Waals surface area contributed by atoms with E-state index < -0.39 is 0 Å². The first-order valence-corrected chi connectivity index (χ1v) is 10.2. The van der Waals surface area contributed by atoms with E-state index in [2.05, 4.69) is 53.2 Å². The lowest BCUT2D eigenvalue weighted by Gasteiger charge is -2.12. The van der Waals surface area contributed by atoms with Crippen molar-refractivity contribution < 1.29 is 4.79 Å². The summed E-state index contributed by atoms with van der Waals surface area (Å²) >= 11 is 1.55. The molecule has 134 valence electrons. The van der Waals surface area contributed by atoms with Crippen molar-refractivity contribution in [2.24, 2.45) is 0 Å². The number of nitrogens with one attached hydrogen (secondary N) is 1. The Morgan fingerprint density at radius 2 is 2.08 bits per heavy atom. The van der Waals surface area contributed by atoms with Gasteiger partial charge in [-0.25, -0.2) is 0 Å². The first-order chi connectivity index (χ1) is 12.7. The Hall–Kier alpha value is -2.33. The summed E-state index contributed by atoms with van der Waals surface area (Å²) in [6, 6.07) is 14.5. The average Bonchev–Trinajstić information content (AvgIpc) is 3.26. The van der Waals surface area contributed by atoms with Crippen molar-refractivity contribution in [1.82, 2.24) is 9.88 Å². The van der Waals surface area contributed by atoms with Gasteiger partial charge in [-0.1, -0.05) is 29.8 Å². The number of thiophene rings is 1. The molecule has 1 aromatic carbocycles. The van der Waals surface area contributed by atoms with Crippen molar-refractivity contribution in [3.8, 4) is 5.00 Å². The predicted molar refractivity (Wildman–Crippen MR) is 109 cm³/mol. The fraction of sp³-hybridized carbons (Fsp3) is 0.318. The number of rotatable bonds is 5. The zero-order chi connectivity index (χ0) is 17.9. The maximum Gasteiger partial charge on any atom is 0.261 e. The Labute approximate surface area is 158 Å². The quantitative estimate of drug-likeness (QED) is 0.586. The van der Waals surface area contributed by atoms with E-state index in [1.54, 1.807) is 11.3 Å². The Morgan fingerprint density at radius 1 is 1.19 bits per heavy atom. The molecule has 4 heteroatoms. The highest BCUT2D eigenvalue weighted by molar-refractivity contribution is 7.16. The van der Waals surface area contributed by atoms with Crippen LogP contribution < -0.4 is 5.32 Å². The molecular formula is C22H24N2OS. The smallest absolute Gasteiger partial charge is 0.261 e. The number of aryl methyl sites for hydroxylation is 1. The number of hydrogen-bond acceptors (Lipinski definition) is 2. The first-order valence-electron chi connectivity index (χ1n) is 9.36. The number of fused-ring (bicyclic) bond motifs is 1. The minimum Gasteiger partial charge on any atom is -0.351 e. The SMILES string of the molecule is Cc1cc2ccccc2n1-c1ccc(C(=O)NCCC2=CCCCC2)s1. The van der Waals surface area contributed by atoms with Gasteiger partial charge in [0, 0.05) is 17.6 Å². The summed E-state index contributed by atoms with van der Waals surface area (Å²) in [5.74, 6) is 0.0341. The zero-order valence-electron chi connectivity index (χ0n) is 15.1. The molecule has 0 aliphatic heterocycles. The number of nitrogens with zero attached hydrogens (tertiary/aromatic N) is 1. The maximum atomic E-state index is 12.5. The fourth-order valence-corrected chi connectivity index (χ4v) is 4.71. The molecule has 0 saturated carbocycles. The minimum absolute atomic E-state index is 0.0341. The third kappa shape index (κ3) is 3.47. The zero-order valence-corrected chi connectivity index (χ0v) is 15.9. The lowest BCUT2D eigenvalue weighted by atomic mass is 9.97. The van der Waals surface area contributed by atoms with Gasteiger partial charge in [0.05, 0.1) is 10.4 Å². The van der Waals surface area contributed by atoms with Gasteiger partial charge in [0.25, 0.3) is 5.91 Å². The van der Waals surface area contributed by atoms with Gasteiger partial charge >= 0.3 is 0 Å². The van der Waals surface area contributed by atoms with Crippen molar-refractivity contribution >= 4 is 28.1 Å². The minimum atomic E-state index is 0.0341. The van der Waals surface area contributed by atoms with Gasteiger partial charge in [-0.15, -0.1) is 11.3 Å². The first kappa shape index (κ1) is 17.1. The number of hydrogen-bond donors (Lipinski definition) is 1. The van der Waals surface area contributed by atoms with Crippen LogP contribution in [0.5, 0.6) is 0 Å². The summed E-state index contributed by atoms with van der Waals surface area (Å²) in [4.78, 5) is 13.3. The highest BCUT2D eigenvalue weighted by Gasteiger charge is 2.13. The molecule has 4 rings (SSSR count). The number of aromatic nitrogens is 1. The number of amides is 1. The topological polar surface area (TPSA) is 34.0 Å². The Bertz CT molecular complexity index is 964. The average molecular weight is 365 g/mol. The highest BCUT2D eigenvalue weighted by Crippen LogP contribution is 2.28. The lowest BCUT2D eigenvalue weighted by Crippen LogP contribution is -2.24. The van der Waals surface area contributed by atoms with Crippen molar-refractivity contribution in [3.63, 3.8) is 0 Å². The molecule has 1 aliphatic carbocycles. The van der Waals surface area contributed by atoms with Gasteiger partial charge < -0.3 is 9.88 Å². The van der Waals surface area contributed by atoms with Gasteiger partial charge in [-0.2, -0.15) is 0 Å². The predicted octanol–water partition coefficient (Wildman–Crippen LogP) is 5.62. The normalized spacial score (nSPS) is 14.4. The van der Waals surface area contributed by atoms with Crippen LogP contribution in [-0.4, -0.2) is 17.0 Å². The number of para-hydroxylation sites is 1. The summed E-state index contributed by atoms with van der Waals surface area (Å²) in [7, 11) is 0. The van der Waals surface area contributed by atoms with Crippen LogP contribution in [0.1, 0.15) is 47.5 Å². The largest absolute Gasteiger partial charge is 0.351 e. The van der Waals surface area contributed by atoms with Gasteiger partial charge in [-0.05, 0) is 63.3 Å². The van der Waals surface area contributed by atoms with Crippen molar-refractivity contribution in [3.05, 3.63) is 64.7 Å². The lowest BCUT2D eigenvalue weighted by molar-refractivity contribution is 0.0958. The van der Waals surface area contributed by atoms with E-state index in [4.69, 9.17) is 0 Å². The van der Waals surface area contributed by atoms with Gasteiger partial charge in [0.2, 0.25) is 0 Å². The molecule has 3 nitrogen and oxygen atoms in total. The van der Waals surface area contributed by atoms with Crippen LogP contribution in [0.3, 0.4) is 0 Å². The molecule has 0 radical (unpaired) electrons. The molecule has 1 aliphatic rings. The molecule has 3 aromatic rings. The van der Waals surface area contributed by atoms with E-state index in [-0.39, 0.29) is 5.91 Å². The van der Waals surface area contributed by atoms with Crippen molar-refractivity contribution in [1.29, 1.82) is 0 Å². The van der Waals surface area contributed by atoms with Crippen LogP contribution in [-0.2, 0) is 0 Å². The van der Waals surface area contributed by atoms with Crippen LogP contribution in [0.15, 0.2) is 54.1 Å². The number of allylic oxidation sites excluding steroid dienone is 1. The van der Waals surface area contributed by atoms with E-state index in [9.17, 15) is 4.79 Å². The third-order valence-corrected chi connectivity index (χ3v) is 6.12. The molecule has 0 atom stereocenters. The second-order valence-corrected chi connectivity index (χ2v) is 7.99. The van der Waals surface area contributed by atoms with E-state index in [0.29, 0.717) is 0 Å². The van der Waals surface area contributed by atoms with Gasteiger partial charge in [0.1, 0.15) is 5.00 Å². The second-order valence-electron chi connectivity index (χ2n) is 6.93. The van der Waals surface area contributed by atoms with Crippen LogP contribution in [0.4, 0.5) is 0 Å². The molecule has 1 N–H and O–H groups in total. The molecule has 2 heterocycles. The van der Waals surface area contributed by atoms with E-state index in [1.165, 1.54) is 47.9 Å². The van der Waals surface area contributed by atoms with Gasteiger partial charge in [-0.3, -0.25) is 4.79 Å². The van der Waals surface area contributed by atoms with Crippen LogP contribution >= 0.6 is 11.3 Å². The second kappa shape index (κ2) is 7.50.